The van der Waals surface area contributed by atoms with Crippen LogP contribution in [0.1, 0.15) is 25.0 Å². The molecule has 0 aliphatic carbocycles. The van der Waals surface area contributed by atoms with Gasteiger partial charge in [-0.2, -0.15) is 0 Å². The van der Waals surface area contributed by atoms with Crippen LogP contribution in [0.4, 0.5) is 0 Å². The highest BCUT2D eigenvalue weighted by molar-refractivity contribution is 6.04. The number of nitrogens with zero attached hydrogens (tertiary/aromatic N) is 1. The lowest BCUT2D eigenvalue weighted by Crippen LogP contribution is -2.06. The Balaban J connectivity index is 2.45. The maximum Gasteiger partial charge on any atom is 0.0649 e. The van der Waals surface area contributed by atoms with Crippen LogP contribution in [0.2, 0.25) is 0 Å². The standard InChI is InChI=1S/C11H13N/c1-8(2)11-10-6-4-3-5-9(10)7-12-11/h3-6,8H,7H2,1-2H3. The van der Waals surface area contributed by atoms with Gasteiger partial charge in [0.2, 0.25) is 0 Å². The molecule has 1 aromatic carbocycles. The lowest BCUT2D eigenvalue weighted by atomic mass is 9.98. The Morgan fingerprint density at radius 3 is 2.75 bits per heavy atom. The van der Waals surface area contributed by atoms with E-state index in [0.29, 0.717) is 5.92 Å². The van der Waals surface area contributed by atoms with Crippen molar-refractivity contribution in [3.05, 3.63) is 35.4 Å². The van der Waals surface area contributed by atoms with E-state index in [1.165, 1.54) is 16.8 Å². The molecule has 0 unspecified atom stereocenters. The van der Waals surface area contributed by atoms with Crippen molar-refractivity contribution in [1.82, 2.24) is 0 Å². The summed E-state index contributed by atoms with van der Waals surface area (Å²) in [7, 11) is 0. The van der Waals surface area contributed by atoms with Crippen molar-refractivity contribution >= 4 is 5.71 Å². The minimum absolute atomic E-state index is 0.550. The van der Waals surface area contributed by atoms with Gasteiger partial charge < -0.3 is 0 Å². The molecule has 1 aliphatic rings. The molecule has 0 saturated carbocycles. The Morgan fingerprint density at radius 1 is 1.25 bits per heavy atom. The molecule has 0 amide bonds. The lowest BCUT2D eigenvalue weighted by molar-refractivity contribution is 0.882. The summed E-state index contributed by atoms with van der Waals surface area (Å²) in [5.41, 5.74) is 4.00. The molecule has 1 heterocycles. The third kappa shape index (κ3) is 1.06. The van der Waals surface area contributed by atoms with Gasteiger partial charge in [0.05, 0.1) is 6.54 Å². The number of fused-ring (bicyclic) bond motifs is 1. The molecule has 0 saturated heterocycles. The van der Waals surface area contributed by atoms with Crippen molar-refractivity contribution in [3.63, 3.8) is 0 Å². The summed E-state index contributed by atoms with van der Waals surface area (Å²) in [4.78, 5) is 4.52. The van der Waals surface area contributed by atoms with Gasteiger partial charge in [-0.3, -0.25) is 4.99 Å². The van der Waals surface area contributed by atoms with E-state index in [1.807, 2.05) is 0 Å². The van der Waals surface area contributed by atoms with Crippen LogP contribution in [0.3, 0.4) is 0 Å². The maximum absolute atomic E-state index is 4.52. The first kappa shape index (κ1) is 7.53. The van der Waals surface area contributed by atoms with Crippen molar-refractivity contribution in [3.8, 4) is 0 Å². The van der Waals surface area contributed by atoms with E-state index in [0.717, 1.165) is 6.54 Å². The van der Waals surface area contributed by atoms with Gasteiger partial charge in [0.25, 0.3) is 0 Å². The summed E-state index contributed by atoms with van der Waals surface area (Å²) in [6.45, 7) is 5.27. The van der Waals surface area contributed by atoms with Crippen molar-refractivity contribution < 1.29 is 0 Å². The molecular weight excluding hydrogens is 146 g/mol. The van der Waals surface area contributed by atoms with Crippen molar-refractivity contribution in [2.24, 2.45) is 10.9 Å². The number of hydrogen-bond acceptors (Lipinski definition) is 1. The molecule has 1 aliphatic heterocycles. The van der Waals surface area contributed by atoms with E-state index in [4.69, 9.17) is 0 Å². The van der Waals surface area contributed by atoms with Crippen molar-refractivity contribution in [2.45, 2.75) is 20.4 Å². The Morgan fingerprint density at radius 2 is 2.00 bits per heavy atom. The summed E-state index contributed by atoms with van der Waals surface area (Å²) >= 11 is 0. The predicted molar refractivity (Wildman–Crippen MR) is 51.5 cm³/mol. The SMILES string of the molecule is CC(C)C1=NCc2ccccc21. The van der Waals surface area contributed by atoms with Crippen LogP contribution in [0, 0.1) is 5.92 Å². The molecule has 12 heavy (non-hydrogen) atoms. The van der Waals surface area contributed by atoms with Gasteiger partial charge >= 0.3 is 0 Å². The number of benzene rings is 1. The zero-order chi connectivity index (χ0) is 8.55. The van der Waals surface area contributed by atoms with Crippen LogP contribution < -0.4 is 0 Å². The molecule has 1 nitrogen and oxygen atoms in total. The van der Waals surface area contributed by atoms with E-state index in [-0.39, 0.29) is 0 Å². The third-order valence-electron chi connectivity index (χ3n) is 2.26. The number of hydrogen-bond donors (Lipinski definition) is 0. The summed E-state index contributed by atoms with van der Waals surface area (Å²) in [5, 5.41) is 0. The molecule has 0 atom stereocenters. The summed E-state index contributed by atoms with van der Waals surface area (Å²) in [6.07, 6.45) is 0. The Kier molecular flexibility index (Phi) is 1.72. The van der Waals surface area contributed by atoms with Gasteiger partial charge in [-0.15, -0.1) is 0 Å². The van der Waals surface area contributed by atoms with Crippen molar-refractivity contribution in [2.75, 3.05) is 0 Å². The molecule has 0 aromatic heterocycles. The van der Waals surface area contributed by atoms with Crippen LogP contribution in [-0.4, -0.2) is 5.71 Å². The first-order valence-corrected chi connectivity index (χ1v) is 4.41. The number of rotatable bonds is 1. The van der Waals surface area contributed by atoms with Gasteiger partial charge in [-0.1, -0.05) is 38.1 Å². The normalized spacial score (nSPS) is 14.8. The molecule has 2 rings (SSSR count). The molecule has 0 N–H and O–H groups in total. The fraction of sp³-hybridized carbons (Fsp3) is 0.364. The van der Waals surface area contributed by atoms with E-state index in [2.05, 4.69) is 43.1 Å². The van der Waals surface area contributed by atoms with Gasteiger partial charge in [-0.25, -0.2) is 0 Å². The van der Waals surface area contributed by atoms with Gasteiger partial charge in [0.15, 0.2) is 0 Å². The van der Waals surface area contributed by atoms with E-state index in [9.17, 15) is 0 Å². The summed E-state index contributed by atoms with van der Waals surface area (Å²) < 4.78 is 0. The van der Waals surface area contributed by atoms with Gasteiger partial charge in [0.1, 0.15) is 0 Å². The zero-order valence-electron chi connectivity index (χ0n) is 7.54. The first-order chi connectivity index (χ1) is 5.79. The summed E-state index contributed by atoms with van der Waals surface area (Å²) in [5.74, 6) is 0.550. The minimum atomic E-state index is 0.550. The molecular formula is C11H13N. The minimum Gasteiger partial charge on any atom is -0.284 e. The van der Waals surface area contributed by atoms with Gasteiger partial charge in [0, 0.05) is 11.3 Å². The Labute approximate surface area is 73.1 Å². The largest absolute Gasteiger partial charge is 0.284 e. The maximum atomic E-state index is 4.52. The molecule has 62 valence electrons. The molecule has 0 spiro atoms. The highest BCUT2D eigenvalue weighted by atomic mass is 14.8. The second-order valence-electron chi connectivity index (χ2n) is 3.51. The van der Waals surface area contributed by atoms with Crippen molar-refractivity contribution in [1.29, 1.82) is 0 Å². The molecule has 1 heteroatoms. The third-order valence-corrected chi connectivity index (χ3v) is 2.26. The smallest absolute Gasteiger partial charge is 0.0649 e. The van der Waals surface area contributed by atoms with E-state index >= 15 is 0 Å². The highest BCUT2D eigenvalue weighted by Crippen LogP contribution is 2.21. The monoisotopic (exact) mass is 159 g/mol. The fourth-order valence-corrected chi connectivity index (χ4v) is 1.66. The Hall–Kier alpha value is -1.11. The fourth-order valence-electron chi connectivity index (χ4n) is 1.66. The Bertz CT molecular complexity index is 324. The zero-order valence-corrected chi connectivity index (χ0v) is 7.54. The van der Waals surface area contributed by atoms with Gasteiger partial charge in [-0.05, 0) is 11.5 Å². The average molecular weight is 159 g/mol. The molecule has 0 fully saturated rings. The highest BCUT2D eigenvalue weighted by Gasteiger charge is 2.16. The van der Waals surface area contributed by atoms with Crippen LogP contribution >= 0.6 is 0 Å². The molecule has 1 aromatic rings. The molecule has 0 radical (unpaired) electrons. The summed E-state index contributed by atoms with van der Waals surface area (Å²) in [6, 6.07) is 8.50. The predicted octanol–water partition coefficient (Wildman–Crippen LogP) is 2.65. The second-order valence-corrected chi connectivity index (χ2v) is 3.51. The van der Waals surface area contributed by atoms with Crippen LogP contribution in [-0.2, 0) is 6.54 Å². The average Bonchev–Trinajstić information content (AvgIpc) is 2.47. The topological polar surface area (TPSA) is 12.4 Å². The van der Waals surface area contributed by atoms with Crippen LogP contribution in [0.25, 0.3) is 0 Å². The van der Waals surface area contributed by atoms with Crippen LogP contribution in [0.5, 0.6) is 0 Å². The van der Waals surface area contributed by atoms with Crippen LogP contribution in [0.15, 0.2) is 29.3 Å². The second kappa shape index (κ2) is 2.74. The quantitative estimate of drug-likeness (QED) is 0.597. The number of aliphatic imine (C=N–C) groups is 1. The first-order valence-electron chi connectivity index (χ1n) is 4.41. The molecule has 0 bridgehead atoms. The van der Waals surface area contributed by atoms with E-state index < -0.39 is 0 Å². The lowest BCUT2D eigenvalue weighted by Gasteiger charge is -2.05. The van der Waals surface area contributed by atoms with E-state index in [1.54, 1.807) is 0 Å².